The van der Waals surface area contributed by atoms with Crippen molar-refractivity contribution in [3.8, 4) is 0 Å². The number of hydrogen-bond donors (Lipinski definition) is 0. The number of carbonyl (C=O) groups is 1. The lowest BCUT2D eigenvalue weighted by Gasteiger charge is -2.40. The number of halogens is 1. The number of fused-ring (bicyclic) bond motifs is 1. The summed E-state index contributed by atoms with van der Waals surface area (Å²) in [6, 6.07) is 10.3. The van der Waals surface area contributed by atoms with Gasteiger partial charge in [-0.3, -0.25) is 14.4 Å². The third-order valence-electron chi connectivity index (χ3n) is 6.79. The van der Waals surface area contributed by atoms with Crippen LogP contribution in [0.5, 0.6) is 0 Å². The lowest BCUT2D eigenvalue weighted by molar-refractivity contribution is -0.00123. The molecule has 3 aliphatic rings. The lowest BCUT2D eigenvalue weighted by atomic mass is 9.94. The molecule has 6 nitrogen and oxygen atoms in total. The molecule has 1 aromatic carbocycles. The first kappa shape index (κ1) is 20.0. The minimum absolute atomic E-state index is 0.0447. The first-order valence-electron chi connectivity index (χ1n) is 11.1. The molecule has 1 atom stereocenters. The molecule has 1 saturated heterocycles. The Morgan fingerprint density at radius 3 is 2.50 bits per heavy atom. The SMILES string of the molecule is O=C(c1cc2n(n1)C[C@@H](c1ccc(Cl)cc1)OC2)N1CCN(C2CCCCC2)CC1. The molecule has 1 saturated carbocycles. The smallest absolute Gasteiger partial charge is 0.274 e. The van der Waals surface area contributed by atoms with Gasteiger partial charge < -0.3 is 9.64 Å². The van der Waals surface area contributed by atoms with Gasteiger partial charge in [0.1, 0.15) is 6.10 Å². The summed E-state index contributed by atoms with van der Waals surface area (Å²) in [6.45, 7) is 4.61. The van der Waals surface area contributed by atoms with E-state index in [0.29, 0.717) is 23.9 Å². The fourth-order valence-electron chi connectivity index (χ4n) is 5.01. The molecule has 7 heteroatoms. The number of ether oxygens (including phenoxy) is 1. The summed E-state index contributed by atoms with van der Waals surface area (Å²) >= 11 is 5.99. The Bertz CT molecular complexity index is 883. The van der Waals surface area contributed by atoms with Gasteiger partial charge in [-0.15, -0.1) is 0 Å². The number of rotatable bonds is 3. The van der Waals surface area contributed by atoms with E-state index < -0.39 is 0 Å². The van der Waals surface area contributed by atoms with Crippen LogP contribution in [0.25, 0.3) is 0 Å². The van der Waals surface area contributed by atoms with Gasteiger partial charge in [0.2, 0.25) is 0 Å². The molecule has 1 aliphatic carbocycles. The van der Waals surface area contributed by atoms with Crippen molar-refractivity contribution in [2.75, 3.05) is 26.2 Å². The molecule has 1 aromatic heterocycles. The maximum Gasteiger partial charge on any atom is 0.274 e. The van der Waals surface area contributed by atoms with E-state index in [-0.39, 0.29) is 12.0 Å². The number of hydrogen-bond acceptors (Lipinski definition) is 4. The van der Waals surface area contributed by atoms with E-state index in [4.69, 9.17) is 16.3 Å². The molecule has 0 radical (unpaired) electrons. The van der Waals surface area contributed by atoms with Crippen LogP contribution < -0.4 is 0 Å². The monoisotopic (exact) mass is 428 g/mol. The van der Waals surface area contributed by atoms with E-state index in [2.05, 4.69) is 10.00 Å². The van der Waals surface area contributed by atoms with Crippen molar-refractivity contribution in [3.63, 3.8) is 0 Å². The van der Waals surface area contributed by atoms with Gasteiger partial charge in [0.25, 0.3) is 5.91 Å². The summed E-state index contributed by atoms with van der Waals surface area (Å²) in [5, 5.41) is 5.35. The van der Waals surface area contributed by atoms with Crippen LogP contribution in [0, 0.1) is 0 Å². The Morgan fingerprint density at radius 2 is 1.77 bits per heavy atom. The van der Waals surface area contributed by atoms with Crippen molar-refractivity contribution in [3.05, 3.63) is 52.3 Å². The van der Waals surface area contributed by atoms with E-state index in [1.165, 1.54) is 32.1 Å². The third kappa shape index (κ3) is 4.13. The van der Waals surface area contributed by atoms with Gasteiger partial charge in [-0.25, -0.2) is 0 Å². The van der Waals surface area contributed by atoms with Crippen LogP contribution in [0.4, 0.5) is 0 Å². The lowest BCUT2D eigenvalue weighted by Crippen LogP contribution is -2.52. The van der Waals surface area contributed by atoms with Gasteiger partial charge in [0.15, 0.2) is 5.69 Å². The molecule has 3 heterocycles. The Hall–Kier alpha value is -1.89. The molecule has 5 rings (SSSR count). The minimum atomic E-state index is -0.0725. The van der Waals surface area contributed by atoms with Crippen LogP contribution in [0.2, 0.25) is 5.02 Å². The molecule has 0 spiro atoms. The topological polar surface area (TPSA) is 50.6 Å². The quantitative estimate of drug-likeness (QED) is 0.744. The van der Waals surface area contributed by atoms with E-state index in [1.54, 1.807) is 0 Å². The molecule has 0 bridgehead atoms. The highest BCUT2D eigenvalue weighted by Crippen LogP contribution is 2.28. The van der Waals surface area contributed by atoms with Gasteiger partial charge in [0.05, 0.1) is 18.8 Å². The maximum atomic E-state index is 13.1. The zero-order valence-electron chi connectivity index (χ0n) is 17.3. The molecule has 1 amide bonds. The average Bonchev–Trinajstić information content (AvgIpc) is 3.23. The van der Waals surface area contributed by atoms with Crippen molar-refractivity contribution in [1.82, 2.24) is 19.6 Å². The largest absolute Gasteiger partial charge is 0.365 e. The molecule has 2 aliphatic heterocycles. The van der Waals surface area contributed by atoms with Crippen LogP contribution in [0.15, 0.2) is 30.3 Å². The number of benzene rings is 1. The molecule has 160 valence electrons. The molecule has 0 unspecified atom stereocenters. The minimum Gasteiger partial charge on any atom is -0.365 e. The highest BCUT2D eigenvalue weighted by Gasteiger charge is 2.30. The normalized spacial score (nSPS) is 23.4. The van der Waals surface area contributed by atoms with Gasteiger partial charge in [-0.2, -0.15) is 5.10 Å². The van der Waals surface area contributed by atoms with Crippen LogP contribution in [0.3, 0.4) is 0 Å². The van der Waals surface area contributed by atoms with Crippen LogP contribution in [0.1, 0.15) is 60.0 Å². The molecule has 2 aromatic rings. The van der Waals surface area contributed by atoms with Gasteiger partial charge >= 0.3 is 0 Å². The zero-order valence-corrected chi connectivity index (χ0v) is 18.1. The van der Waals surface area contributed by atoms with Crippen molar-refractivity contribution in [1.29, 1.82) is 0 Å². The second-order valence-corrected chi connectivity index (χ2v) is 9.11. The number of nitrogens with zero attached hydrogens (tertiary/aromatic N) is 4. The summed E-state index contributed by atoms with van der Waals surface area (Å²) in [7, 11) is 0. The zero-order chi connectivity index (χ0) is 20.5. The van der Waals surface area contributed by atoms with Crippen molar-refractivity contribution >= 4 is 17.5 Å². The van der Waals surface area contributed by atoms with Crippen molar-refractivity contribution in [2.24, 2.45) is 0 Å². The molecular weight excluding hydrogens is 400 g/mol. The first-order chi connectivity index (χ1) is 14.7. The van der Waals surface area contributed by atoms with E-state index >= 15 is 0 Å². The molecule has 30 heavy (non-hydrogen) atoms. The van der Waals surface area contributed by atoms with Crippen LogP contribution in [-0.4, -0.2) is 57.7 Å². The van der Waals surface area contributed by atoms with E-state index in [9.17, 15) is 4.79 Å². The Balaban J connectivity index is 1.21. The number of aromatic nitrogens is 2. The fraction of sp³-hybridized carbons (Fsp3) is 0.565. The second kappa shape index (κ2) is 8.69. The van der Waals surface area contributed by atoms with Crippen molar-refractivity contribution in [2.45, 2.75) is 57.4 Å². The number of amides is 1. The highest BCUT2D eigenvalue weighted by molar-refractivity contribution is 6.30. The predicted molar refractivity (Wildman–Crippen MR) is 116 cm³/mol. The van der Waals surface area contributed by atoms with E-state index in [0.717, 1.165) is 43.5 Å². The van der Waals surface area contributed by atoms with Crippen molar-refractivity contribution < 1.29 is 9.53 Å². The second-order valence-electron chi connectivity index (χ2n) is 8.67. The van der Waals surface area contributed by atoms with Gasteiger partial charge in [0, 0.05) is 37.2 Å². The predicted octanol–water partition coefficient (Wildman–Crippen LogP) is 3.90. The van der Waals surface area contributed by atoms with Crippen LogP contribution >= 0.6 is 11.6 Å². The summed E-state index contributed by atoms with van der Waals surface area (Å²) < 4.78 is 7.94. The first-order valence-corrected chi connectivity index (χ1v) is 11.5. The van der Waals surface area contributed by atoms with E-state index in [1.807, 2.05) is 39.9 Å². The highest BCUT2D eigenvalue weighted by atomic mass is 35.5. The Labute approximate surface area is 182 Å². The third-order valence-corrected chi connectivity index (χ3v) is 7.04. The number of carbonyl (C=O) groups excluding carboxylic acids is 1. The summed E-state index contributed by atoms with van der Waals surface area (Å²) in [4.78, 5) is 17.6. The summed E-state index contributed by atoms with van der Waals surface area (Å²) in [5.74, 6) is 0.0447. The Morgan fingerprint density at radius 1 is 1.03 bits per heavy atom. The molecule has 0 N–H and O–H groups in total. The van der Waals surface area contributed by atoms with Gasteiger partial charge in [-0.1, -0.05) is 43.0 Å². The fourth-order valence-corrected chi connectivity index (χ4v) is 5.13. The van der Waals surface area contributed by atoms with Gasteiger partial charge in [-0.05, 0) is 36.6 Å². The molecule has 2 fully saturated rings. The standard InChI is InChI=1S/C23H29ClN4O2/c24-18-8-6-17(7-9-18)22-15-28-20(16-30-22)14-21(25-28)23(29)27-12-10-26(11-13-27)19-4-2-1-3-5-19/h6-9,14,19,22H,1-5,10-13,15-16H2/t22-/m0/s1. The summed E-state index contributed by atoms with van der Waals surface area (Å²) in [6.07, 6.45) is 6.64. The maximum absolute atomic E-state index is 13.1. The number of piperazine rings is 1. The summed E-state index contributed by atoms with van der Waals surface area (Å²) in [5.41, 5.74) is 2.58. The molecular formula is C23H29ClN4O2. The average molecular weight is 429 g/mol. The Kier molecular flexibility index (Phi) is 5.81. The van der Waals surface area contributed by atoms with Crippen LogP contribution in [-0.2, 0) is 17.9 Å².